The van der Waals surface area contributed by atoms with Gasteiger partial charge in [-0.3, -0.25) is 0 Å². The molecule has 2 rings (SSSR count). The number of benzene rings is 1. The van der Waals surface area contributed by atoms with Crippen molar-refractivity contribution >= 4 is 21.6 Å². The van der Waals surface area contributed by atoms with E-state index in [1.807, 2.05) is 0 Å². The van der Waals surface area contributed by atoms with Crippen LogP contribution >= 0.6 is 11.6 Å². The number of hydrogen-bond donors (Lipinski definition) is 2. The molecule has 2 N–H and O–H groups in total. The summed E-state index contributed by atoms with van der Waals surface area (Å²) in [6, 6.07) is 4.73. The van der Waals surface area contributed by atoms with Crippen molar-refractivity contribution in [3.05, 3.63) is 28.8 Å². The molecular weight excluding hydrogens is 302 g/mol. The Morgan fingerprint density at radius 3 is 2.70 bits per heavy atom. The highest BCUT2D eigenvalue weighted by atomic mass is 35.5. The molecular formula is C13H18ClNO4S. The lowest BCUT2D eigenvalue weighted by molar-refractivity contribution is -0.0588. The maximum absolute atomic E-state index is 12.3. The van der Waals surface area contributed by atoms with Gasteiger partial charge in [-0.15, -0.1) is 0 Å². The van der Waals surface area contributed by atoms with E-state index < -0.39 is 15.6 Å². The minimum absolute atomic E-state index is 0.0232. The first-order valence-corrected chi connectivity index (χ1v) is 8.25. The van der Waals surface area contributed by atoms with Crippen LogP contribution in [0.25, 0.3) is 0 Å². The van der Waals surface area contributed by atoms with E-state index in [-0.39, 0.29) is 11.4 Å². The Kier molecular flexibility index (Phi) is 4.71. The predicted octanol–water partition coefficient (Wildman–Crippen LogP) is 1.47. The minimum Gasteiger partial charge on any atom is -0.388 e. The zero-order valence-electron chi connectivity index (χ0n) is 11.2. The first kappa shape index (κ1) is 15.7. The van der Waals surface area contributed by atoms with Gasteiger partial charge in [-0.1, -0.05) is 17.7 Å². The zero-order chi connectivity index (χ0) is 14.8. The Balaban J connectivity index is 2.13. The number of hydrogen-bond acceptors (Lipinski definition) is 4. The quantitative estimate of drug-likeness (QED) is 0.881. The van der Waals surface area contributed by atoms with Gasteiger partial charge in [0.25, 0.3) is 0 Å². The van der Waals surface area contributed by atoms with Gasteiger partial charge in [-0.25, -0.2) is 13.1 Å². The highest BCUT2D eigenvalue weighted by Gasteiger charge is 2.31. The van der Waals surface area contributed by atoms with Gasteiger partial charge in [-0.2, -0.15) is 0 Å². The summed E-state index contributed by atoms with van der Waals surface area (Å²) in [4.78, 5) is 0.139. The highest BCUT2D eigenvalue weighted by Crippen LogP contribution is 2.24. The molecule has 1 fully saturated rings. The Hall–Kier alpha value is -0.660. The van der Waals surface area contributed by atoms with E-state index in [1.165, 1.54) is 6.07 Å². The molecule has 0 unspecified atom stereocenters. The second kappa shape index (κ2) is 5.99. The zero-order valence-corrected chi connectivity index (χ0v) is 12.8. The maximum atomic E-state index is 12.3. The van der Waals surface area contributed by atoms with E-state index in [9.17, 15) is 13.5 Å². The van der Waals surface area contributed by atoms with Crippen LogP contribution in [0.15, 0.2) is 23.1 Å². The largest absolute Gasteiger partial charge is 0.388 e. The van der Waals surface area contributed by atoms with Gasteiger partial charge in [0, 0.05) is 37.6 Å². The molecule has 20 heavy (non-hydrogen) atoms. The molecule has 1 aromatic carbocycles. The van der Waals surface area contributed by atoms with E-state index in [0.717, 1.165) is 0 Å². The molecule has 0 aromatic heterocycles. The van der Waals surface area contributed by atoms with Crippen LogP contribution in [0.5, 0.6) is 0 Å². The van der Waals surface area contributed by atoms with Crippen LogP contribution < -0.4 is 4.72 Å². The first-order chi connectivity index (χ1) is 9.34. The van der Waals surface area contributed by atoms with E-state index in [1.54, 1.807) is 19.1 Å². The van der Waals surface area contributed by atoms with Gasteiger partial charge in [0.1, 0.15) is 0 Å². The smallest absolute Gasteiger partial charge is 0.240 e. The van der Waals surface area contributed by atoms with E-state index in [0.29, 0.717) is 36.6 Å². The number of sulfonamides is 1. The molecule has 0 bridgehead atoms. The minimum atomic E-state index is -3.69. The van der Waals surface area contributed by atoms with E-state index >= 15 is 0 Å². The fraction of sp³-hybridized carbons (Fsp3) is 0.538. The van der Waals surface area contributed by atoms with Crippen molar-refractivity contribution in [2.75, 3.05) is 19.8 Å². The molecule has 5 nitrogen and oxygen atoms in total. The Labute approximate surface area is 124 Å². The average Bonchev–Trinajstić information content (AvgIpc) is 2.41. The molecule has 1 aromatic rings. The molecule has 0 radical (unpaired) electrons. The molecule has 1 saturated heterocycles. The van der Waals surface area contributed by atoms with Crippen LogP contribution in [0, 0.1) is 6.92 Å². The van der Waals surface area contributed by atoms with Crippen LogP contribution in [0.2, 0.25) is 5.02 Å². The number of aliphatic hydroxyl groups is 1. The Bertz CT molecular complexity index is 582. The molecule has 1 heterocycles. The summed E-state index contributed by atoms with van der Waals surface area (Å²) in [5.41, 5.74) is -0.543. The summed E-state index contributed by atoms with van der Waals surface area (Å²) in [5.74, 6) is 0. The summed E-state index contributed by atoms with van der Waals surface area (Å²) >= 11 is 5.94. The van der Waals surface area contributed by atoms with Gasteiger partial charge in [0.2, 0.25) is 10.0 Å². The van der Waals surface area contributed by atoms with Crippen LogP contribution in [0.4, 0.5) is 0 Å². The van der Waals surface area contributed by atoms with Crippen molar-refractivity contribution in [2.45, 2.75) is 30.3 Å². The average molecular weight is 320 g/mol. The summed E-state index contributed by atoms with van der Waals surface area (Å²) in [6.07, 6.45) is 0.841. The monoisotopic (exact) mass is 319 g/mol. The molecule has 1 aliphatic rings. The standard InChI is InChI=1S/C13H18ClNO4S/c1-10-11(14)3-2-4-12(10)20(17,18)15-9-13(16)5-7-19-8-6-13/h2-4,15-16H,5-9H2,1H3. The third-order valence-electron chi connectivity index (χ3n) is 3.52. The number of halogens is 1. The summed E-state index contributed by atoms with van der Waals surface area (Å²) in [5, 5.41) is 10.7. The molecule has 1 aliphatic heterocycles. The third-order valence-corrected chi connectivity index (χ3v) is 5.48. The Morgan fingerprint density at radius 1 is 1.40 bits per heavy atom. The van der Waals surface area contributed by atoms with Crippen molar-refractivity contribution in [2.24, 2.45) is 0 Å². The second-order valence-electron chi connectivity index (χ2n) is 5.02. The maximum Gasteiger partial charge on any atom is 0.240 e. The SMILES string of the molecule is Cc1c(Cl)cccc1S(=O)(=O)NCC1(O)CCOCC1. The van der Waals surface area contributed by atoms with E-state index in [4.69, 9.17) is 16.3 Å². The lowest BCUT2D eigenvalue weighted by atomic mass is 9.95. The molecule has 0 amide bonds. The number of rotatable bonds is 4. The summed E-state index contributed by atoms with van der Waals surface area (Å²) in [7, 11) is -3.69. The Morgan fingerprint density at radius 2 is 2.05 bits per heavy atom. The van der Waals surface area contributed by atoms with Crippen LogP contribution in [0.1, 0.15) is 18.4 Å². The molecule has 0 aliphatic carbocycles. The molecule has 0 spiro atoms. The topological polar surface area (TPSA) is 75.6 Å². The highest BCUT2D eigenvalue weighted by molar-refractivity contribution is 7.89. The van der Waals surface area contributed by atoms with Gasteiger partial charge in [-0.05, 0) is 24.6 Å². The van der Waals surface area contributed by atoms with Crippen molar-refractivity contribution in [3.63, 3.8) is 0 Å². The fourth-order valence-corrected chi connectivity index (χ4v) is 3.73. The van der Waals surface area contributed by atoms with Crippen molar-refractivity contribution in [1.29, 1.82) is 0 Å². The lowest BCUT2D eigenvalue weighted by Crippen LogP contribution is -2.46. The second-order valence-corrected chi connectivity index (χ2v) is 7.17. The number of nitrogens with one attached hydrogen (secondary N) is 1. The normalized spacial score (nSPS) is 18.9. The van der Waals surface area contributed by atoms with Gasteiger partial charge in [0.05, 0.1) is 10.5 Å². The summed E-state index contributed by atoms with van der Waals surface area (Å²) < 4.78 is 32.2. The van der Waals surface area contributed by atoms with Crippen molar-refractivity contribution in [3.8, 4) is 0 Å². The summed E-state index contributed by atoms with van der Waals surface area (Å²) in [6.45, 7) is 2.51. The number of ether oxygens (including phenoxy) is 1. The fourth-order valence-electron chi connectivity index (χ4n) is 2.11. The predicted molar refractivity (Wildman–Crippen MR) is 76.4 cm³/mol. The lowest BCUT2D eigenvalue weighted by Gasteiger charge is -2.32. The third kappa shape index (κ3) is 3.51. The molecule has 0 atom stereocenters. The van der Waals surface area contributed by atoms with Crippen LogP contribution in [-0.2, 0) is 14.8 Å². The molecule has 112 valence electrons. The van der Waals surface area contributed by atoms with Gasteiger partial charge in [0.15, 0.2) is 0 Å². The van der Waals surface area contributed by atoms with Gasteiger partial charge < -0.3 is 9.84 Å². The van der Waals surface area contributed by atoms with E-state index in [2.05, 4.69) is 4.72 Å². The van der Waals surface area contributed by atoms with Crippen LogP contribution in [-0.4, -0.2) is 38.9 Å². The van der Waals surface area contributed by atoms with Gasteiger partial charge >= 0.3 is 0 Å². The van der Waals surface area contributed by atoms with Crippen molar-refractivity contribution < 1.29 is 18.3 Å². The van der Waals surface area contributed by atoms with Crippen molar-refractivity contribution in [1.82, 2.24) is 4.72 Å². The molecule has 0 saturated carbocycles. The van der Waals surface area contributed by atoms with Crippen LogP contribution in [0.3, 0.4) is 0 Å². The first-order valence-electron chi connectivity index (χ1n) is 6.39. The molecule has 7 heteroatoms.